The molecular formula is C6H11NO. The van der Waals surface area contributed by atoms with Gasteiger partial charge in [0, 0.05) is 21.4 Å². The number of rotatable bonds is 0. The zero-order valence-electron chi connectivity index (χ0n) is 6.05. The Bertz CT molecular complexity index is 126. The average molecular weight is 115 g/mol. The van der Waals surface area contributed by atoms with E-state index >= 15 is 0 Å². The molecule has 0 aromatic heterocycles. The molecule has 0 radical (unpaired) electrons. The van der Waals surface area contributed by atoms with Gasteiger partial charge in [0.1, 0.15) is 0 Å². The Labute approximate surface area is 50.9 Å². The largest absolute Gasteiger partial charge is 0.343 e. The molecule has 2 nitrogen and oxygen atoms in total. The molecule has 1 fully saturated rings. The number of likely N-dealkylation sites (tertiary alicyclic amines) is 1. The summed E-state index contributed by atoms with van der Waals surface area (Å²) >= 11 is 0. The van der Waals surface area contributed by atoms with Gasteiger partial charge >= 0.3 is 0 Å². The molecule has 0 aliphatic carbocycles. The molecule has 1 heterocycles. The summed E-state index contributed by atoms with van der Waals surface area (Å²) in [4.78, 5) is 12.4. The van der Waals surface area contributed by atoms with Crippen molar-refractivity contribution in [2.45, 2.75) is 19.7 Å². The van der Waals surface area contributed by atoms with Gasteiger partial charge in [-0.2, -0.15) is 0 Å². The van der Waals surface area contributed by atoms with Crippen LogP contribution in [-0.4, -0.2) is 23.9 Å². The monoisotopic (exact) mass is 115 g/mol. The SMILES string of the molecule is [3H]C1CCN(C(C)=O)C1. The number of carbonyl (C=O) groups is 1. The van der Waals surface area contributed by atoms with E-state index in [2.05, 4.69) is 0 Å². The summed E-state index contributed by atoms with van der Waals surface area (Å²) in [5.41, 5.74) is 0. The molecule has 1 saturated heterocycles. The van der Waals surface area contributed by atoms with E-state index in [1.165, 1.54) is 0 Å². The molecule has 1 unspecified atom stereocenters. The highest BCUT2D eigenvalue weighted by Gasteiger charge is 2.12. The normalized spacial score (nSPS) is 30.4. The Kier molecular flexibility index (Phi) is 1.18. The molecule has 46 valence electrons. The molecular weight excluding hydrogens is 102 g/mol. The topological polar surface area (TPSA) is 20.3 Å². The molecule has 0 saturated carbocycles. The van der Waals surface area contributed by atoms with Crippen LogP contribution < -0.4 is 0 Å². The van der Waals surface area contributed by atoms with Crippen molar-refractivity contribution in [2.24, 2.45) is 0 Å². The van der Waals surface area contributed by atoms with E-state index in [1.54, 1.807) is 11.8 Å². The lowest BCUT2D eigenvalue weighted by atomic mass is 10.4. The molecule has 2 heteroatoms. The Balaban J connectivity index is 2.39. The van der Waals surface area contributed by atoms with Gasteiger partial charge in [-0.15, -0.1) is 0 Å². The van der Waals surface area contributed by atoms with E-state index in [0.29, 0.717) is 6.54 Å². The first-order valence-electron chi connectivity index (χ1n) is 3.45. The molecule has 0 N–H and O–H groups in total. The Morgan fingerprint density at radius 2 is 2.50 bits per heavy atom. The van der Waals surface area contributed by atoms with Crippen molar-refractivity contribution in [2.75, 3.05) is 13.1 Å². The Hall–Kier alpha value is -0.530. The summed E-state index contributed by atoms with van der Waals surface area (Å²) in [5.74, 6) is 0.102. The van der Waals surface area contributed by atoms with Gasteiger partial charge < -0.3 is 4.90 Å². The number of nitrogens with zero attached hydrogens (tertiary/aromatic N) is 1. The van der Waals surface area contributed by atoms with Gasteiger partial charge in [0.25, 0.3) is 0 Å². The molecule has 8 heavy (non-hydrogen) atoms. The third kappa shape index (κ3) is 0.997. The van der Waals surface area contributed by atoms with E-state index in [-0.39, 0.29) is 12.3 Å². The zero-order valence-corrected chi connectivity index (χ0v) is 5.05. The fraction of sp³-hybridized carbons (Fsp3) is 0.833. The minimum absolute atomic E-state index is 0.0334. The summed E-state index contributed by atoms with van der Waals surface area (Å²) in [5, 5.41) is 0. The predicted molar refractivity (Wildman–Crippen MR) is 31.5 cm³/mol. The summed E-state index contributed by atoms with van der Waals surface area (Å²) in [6, 6.07) is 0. The third-order valence-electron chi connectivity index (χ3n) is 1.40. The second-order valence-corrected chi connectivity index (χ2v) is 2.04. The van der Waals surface area contributed by atoms with E-state index in [9.17, 15) is 4.79 Å². The third-order valence-corrected chi connectivity index (χ3v) is 1.40. The minimum Gasteiger partial charge on any atom is -0.343 e. The lowest BCUT2D eigenvalue weighted by molar-refractivity contribution is -0.127. The van der Waals surface area contributed by atoms with Crippen molar-refractivity contribution >= 4 is 5.91 Å². The fourth-order valence-electron chi connectivity index (χ4n) is 0.872. The lowest BCUT2D eigenvalue weighted by Crippen LogP contribution is -2.24. The standard InChI is InChI=1S/C6H11NO/c1-6(8)7-4-2-3-5-7/h2-5H2,1H3/i2T. The first kappa shape index (κ1) is 4.36. The van der Waals surface area contributed by atoms with Gasteiger partial charge in [-0.1, -0.05) is 0 Å². The fourth-order valence-corrected chi connectivity index (χ4v) is 0.872. The van der Waals surface area contributed by atoms with Gasteiger partial charge in [0.05, 0.1) is 0 Å². The number of hydrogen-bond donors (Lipinski definition) is 0. The quantitative estimate of drug-likeness (QED) is 0.453. The highest BCUT2D eigenvalue weighted by Crippen LogP contribution is 2.05. The van der Waals surface area contributed by atoms with Crippen LogP contribution in [-0.2, 0) is 4.79 Å². The number of amides is 1. The van der Waals surface area contributed by atoms with Crippen LogP contribution in [0.4, 0.5) is 0 Å². The Morgan fingerprint density at radius 3 is 2.75 bits per heavy atom. The van der Waals surface area contributed by atoms with Crippen molar-refractivity contribution in [1.82, 2.24) is 4.90 Å². The van der Waals surface area contributed by atoms with Crippen molar-refractivity contribution < 1.29 is 6.17 Å². The van der Waals surface area contributed by atoms with Crippen LogP contribution in [0.3, 0.4) is 0 Å². The molecule has 0 spiro atoms. The van der Waals surface area contributed by atoms with E-state index in [1.807, 2.05) is 0 Å². The van der Waals surface area contributed by atoms with E-state index in [0.717, 1.165) is 13.0 Å². The summed E-state index contributed by atoms with van der Waals surface area (Å²) in [6.45, 7) is 2.97. The first-order valence-corrected chi connectivity index (χ1v) is 2.88. The molecule has 1 aliphatic heterocycles. The molecule has 1 aliphatic rings. The van der Waals surface area contributed by atoms with Crippen LogP contribution >= 0.6 is 0 Å². The zero-order chi connectivity index (χ0) is 6.85. The number of carbonyl (C=O) groups excluding carboxylic acids is 1. The first-order chi connectivity index (χ1) is 4.20. The molecule has 0 aromatic carbocycles. The van der Waals surface area contributed by atoms with Crippen molar-refractivity contribution in [1.29, 1.82) is 0 Å². The molecule has 1 rings (SSSR count). The summed E-state index contributed by atoms with van der Waals surface area (Å²) in [6.07, 6.45) is 0.813. The van der Waals surface area contributed by atoms with Crippen molar-refractivity contribution in [3.8, 4) is 0 Å². The second-order valence-electron chi connectivity index (χ2n) is 2.04. The summed E-state index contributed by atoms with van der Waals surface area (Å²) < 4.78 is 7.26. The Morgan fingerprint density at radius 1 is 1.75 bits per heavy atom. The van der Waals surface area contributed by atoms with Crippen molar-refractivity contribution in [3.05, 3.63) is 0 Å². The second kappa shape index (κ2) is 2.16. The maximum atomic E-state index is 10.6. The average Bonchev–Trinajstić information content (AvgIpc) is 2.14. The minimum atomic E-state index is -0.0334. The van der Waals surface area contributed by atoms with E-state index in [4.69, 9.17) is 1.37 Å². The molecule has 0 aromatic rings. The van der Waals surface area contributed by atoms with Crippen LogP contribution in [0.15, 0.2) is 0 Å². The summed E-state index contributed by atoms with van der Waals surface area (Å²) in [7, 11) is 0. The smallest absolute Gasteiger partial charge is 0.219 e. The van der Waals surface area contributed by atoms with Gasteiger partial charge in [-0.3, -0.25) is 4.79 Å². The highest BCUT2D eigenvalue weighted by atomic mass is 16.2. The maximum absolute atomic E-state index is 10.6. The maximum Gasteiger partial charge on any atom is 0.219 e. The van der Waals surface area contributed by atoms with Crippen molar-refractivity contribution in [3.63, 3.8) is 0 Å². The van der Waals surface area contributed by atoms with Gasteiger partial charge in [-0.25, -0.2) is 0 Å². The van der Waals surface area contributed by atoms with Gasteiger partial charge in [0.15, 0.2) is 0 Å². The van der Waals surface area contributed by atoms with Gasteiger partial charge in [-0.05, 0) is 12.8 Å². The van der Waals surface area contributed by atoms with Crippen LogP contribution in [0.25, 0.3) is 0 Å². The molecule has 1 amide bonds. The highest BCUT2D eigenvalue weighted by molar-refractivity contribution is 5.73. The predicted octanol–water partition coefficient (Wildman–Crippen LogP) is 0.629. The lowest BCUT2D eigenvalue weighted by Gasteiger charge is -2.10. The molecule has 0 bridgehead atoms. The molecule has 1 atom stereocenters. The van der Waals surface area contributed by atoms with Crippen LogP contribution in [0, 0.1) is 0 Å². The number of hydrogen-bond acceptors (Lipinski definition) is 1. The van der Waals surface area contributed by atoms with E-state index < -0.39 is 0 Å². The van der Waals surface area contributed by atoms with Crippen LogP contribution in [0.1, 0.15) is 21.1 Å². The van der Waals surface area contributed by atoms with Gasteiger partial charge in [0.2, 0.25) is 5.91 Å². The van der Waals surface area contributed by atoms with Crippen LogP contribution in [0.2, 0.25) is 0 Å². The van der Waals surface area contributed by atoms with Crippen LogP contribution in [0.5, 0.6) is 0 Å².